The van der Waals surface area contributed by atoms with Crippen LogP contribution in [0.4, 0.5) is 0 Å². The van der Waals surface area contributed by atoms with Crippen LogP contribution in [0, 0.1) is 0 Å². The molecule has 0 N–H and O–H groups in total. The van der Waals surface area contributed by atoms with Crippen molar-refractivity contribution < 1.29 is 23.8 Å². The second-order valence-electron chi connectivity index (χ2n) is 6.84. The molecule has 0 aliphatic carbocycles. The van der Waals surface area contributed by atoms with Crippen molar-refractivity contribution in [3.05, 3.63) is 58.6 Å². The highest BCUT2D eigenvalue weighted by Crippen LogP contribution is 2.33. The van der Waals surface area contributed by atoms with Crippen LogP contribution in [0.15, 0.2) is 47.6 Å². The second-order valence-corrected chi connectivity index (χ2v) is 7.24. The molecule has 1 amide bonds. The summed E-state index contributed by atoms with van der Waals surface area (Å²) < 4.78 is 15.8. The number of methoxy groups -OCH3 is 1. The van der Waals surface area contributed by atoms with Gasteiger partial charge in [0.25, 0.3) is 0 Å². The van der Waals surface area contributed by atoms with Gasteiger partial charge in [-0.2, -0.15) is 0 Å². The van der Waals surface area contributed by atoms with Gasteiger partial charge in [0.1, 0.15) is 6.61 Å². The Bertz CT molecular complexity index is 933. The highest BCUT2D eigenvalue weighted by Gasteiger charge is 2.28. The molecule has 2 heterocycles. The highest BCUT2D eigenvalue weighted by molar-refractivity contribution is 6.31. The van der Waals surface area contributed by atoms with Gasteiger partial charge in [-0.3, -0.25) is 4.79 Å². The van der Waals surface area contributed by atoms with E-state index in [0.717, 1.165) is 22.6 Å². The Morgan fingerprint density at radius 1 is 1.24 bits per heavy atom. The van der Waals surface area contributed by atoms with Gasteiger partial charge in [0, 0.05) is 30.7 Å². The molecule has 1 atom stereocenters. The molecule has 152 valence electrons. The van der Waals surface area contributed by atoms with Gasteiger partial charge < -0.3 is 23.9 Å². The number of carbonyl (C=O) groups is 1. The lowest BCUT2D eigenvalue weighted by Gasteiger charge is -2.25. The third-order valence-corrected chi connectivity index (χ3v) is 5.17. The molecule has 0 radical (unpaired) electrons. The number of hydrogen-bond donors (Lipinski definition) is 0. The molecule has 0 fully saturated rings. The summed E-state index contributed by atoms with van der Waals surface area (Å²) in [5.41, 5.74) is 2.59. The minimum Gasteiger partial charge on any atom is -0.454 e. The number of oxime groups is 1. The fourth-order valence-electron chi connectivity index (χ4n) is 3.32. The summed E-state index contributed by atoms with van der Waals surface area (Å²) in [5.74, 6) is 1.29. The normalized spacial score (nSPS) is 17.0. The van der Waals surface area contributed by atoms with Gasteiger partial charge in [0.15, 0.2) is 17.6 Å². The van der Waals surface area contributed by atoms with E-state index in [2.05, 4.69) is 5.16 Å². The summed E-state index contributed by atoms with van der Waals surface area (Å²) in [6.07, 6.45) is 0.331. The maximum absolute atomic E-state index is 12.6. The number of ether oxygens (including phenoxy) is 3. The number of nitrogens with zero attached hydrogens (tertiary/aromatic N) is 2. The van der Waals surface area contributed by atoms with Crippen LogP contribution >= 0.6 is 11.6 Å². The van der Waals surface area contributed by atoms with E-state index in [9.17, 15) is 4.79 Å². The number of fused-ring (bicyclic) bond motifs is 1. The topological polar surface area (TPSA) is 69.6 Å². The summed E-state index contributed by atoms with van der Waals surface area (Å²) in [6, 6.07) is 13.1. The van der Waals surface area contributed by atoms with E-state index in [4.69, 9.17) is 30.6 Å². The van der Waals surface area contributed by atoms with Crippen LogP contribution in [0.2, 0.25) is 5.02 Å². The molecular weight excluding hydrogens is 396 g/mol. The number of amides is 1. The van der Waals surface area contributed by atoms with Gasteiger partial charge in [-0.15, -0.1) is 0 Å². The summed E-state index contributed by atoms with van der Waals surface area (Å²) in [6.45, 7) is 0.974. The highest BCUT2D eigenvalue weighted by atomic mass is 35.5. The van der Waals surface area contributed by atoms with Crippen LogP contribution in [-0.4, -0.2) is 49.7 Å². The van der Waals surface area contributed by atoms with Gasteiger partial charge in [0.05, 0.1) is 12.3 Å². The van der Waals surface area contributed by atoms with Gasteiger partial charge in [-0.1, -0.05) is 35.0 Å². The molecule has 2 aromatic carbocycles. The van der Waals surface area contributed by atoms with E-state index in [1.807, 2.05) is 42.5 Å². The maximum atomic E-state index is 12.6. The zero-order valence-corrected chi connectivity index (χ0v) is 16.7. The van der Waals surface area contributed by atoms with E-state index in [1.54, 1.807) is 4.90 Å². The van der Waals surface area contributed by atoms with E-state index in [1.165, 1.54) is 7.11 Å². The quantitative estimate of drug-likeness (QED) is 0.693. The number of hydrogen-bond acceptors (Lipinski definition) is 6. The summed E-state index contributed by atoms with van der Waals surface area (Å²) >= 11 is 6.27. The van der Waals surface area contributed by atoms with Crippen LogP contribution in [0.25, 0.3) is 0 Å². The van der Waals surface area contributed by atoms with E-state index in [0.29, 0.717) is 30.3 Å². The predicted octanol–water partition coefficient (Wildman–Crippen LogP) is 3.24. The Hall–Kier alpha value is -2.77. The molecule has 0 saturated carbocycles. The molecule has 0 bridgehead atoms. The van der Waals surface area contributed by atoms with Gasteiger partial charge >= 0.3 is 0 Å². The first-order valence-corrected chi connectivity index (χ1v) is 9.64. The Kier molecular flexibility index (Phi) is 5.87. The van der Waals surface area contributed by atoms with Crippen LogP contribution in [0.3, 0.4) is 0 Å². The van der Waals surface area contributed by atoms with Gasteiger partial charge in [-0.05, 0) is 29.8 Å². The first kappa shape index (κ1) is 19.5. The molecule has 2 aliphatic rings. The molecule has 0 aromatic heterocycles. The molecule has 2 aromatic rings. The Labute approximate surface area is 173 Å². The lowest BCUT2D eigenvalue weighted by Crippen LogP contribution is -2.39. The third-order valence-electron chi connectivity index (χ3n) is 4.80. The minimum absolute atomic E-state index is 0.00690. The molecule has 4 rings (SSSR count). The lowest BCUT2D eigenvalue weighted by molar-refractivity contribution is -0.137. The van der Waals surface area contributed by atoms with Gasteiger partial charge in [-0.25, -0.2) is 0 Å². The maximum Gasteiger partial charge on any atom is 0.248 e. The van der Waals surface area contributed by atoms with Crippen molar-refractivity contribution in [2.75, 3.05) is 27.1 Å². The summed E-state index contributed by atoms with van der Waals surface area (Å²) in [5, 5.41) is 4.84. The van der Waals surface area contributed by atoms with Crippen molar-refractivity contribution in [3.63, 3.8) is 0 Å². The molecule has 8 heteroatoms. The predicted molar refractivity (Wildman–Crippen MR) is 107 cm³/mol. The smallest absolute Gasteiger partial charge is 0.248 e. The van der Waals surface area contributed by atoms with Crippen LogP contribution in [-0.2, 0) is 20.9 Å². The molecule has 2 aliphatic heterocycles. The van der Waals surface area contributed by atoms with Crippen molar-refractivity contribution in [1.29, 1.82) is 0 Å². The zero-order valence-electron chi connectivity index (χ0n) is 16.0. The number of rotatable bonds is 7. The number of carbonyl (C=O) groups excluding carboxylic acids is 1. The average molecular weight is 417 g/mol. The van der Waals surface area contributed by atoms with Gasteiger partial charge in [0.2, 0.25) is 12.7 Å². The molecule has 0 saturated heterocycles. The van der Waals surface area contributed by atoms with Crippen molar-refractivity contribution in [2.24, 2.45) is 5.16 Å². The fraction of sp³-hybridized carbons (Fsp3) is 0.333. The van der Waals surface area contributed by atoms with Crippen LogP contribution in [0.5, 0.6) is 11.5 Å². The zero-order chi connectivity index (χ0) is 20.2. The average Bonchev–Trinajstić information content (AvgIpc) is 3.38. The third kappa shape index (κ3) is 4.46. The Morgan fingerprint density at radius 3 is 2.90 bits per heavy atom. The SMILES string of the molecule is COCC(=O)N(Cc1ccccc1Cl)C[C@@H]1CC(c2ccc3c(c2)OCO3)=NO1. The van der Waals surface area contributed by atoms with Crippen molar-refractivity contribution in [1.82, 2.24) is 4.90 Å². The van der Waals surface area contributed by atoms with E-state index >= 15 is 0 Å². The fourth-order valence-corrected chi connectivity index (χ4v) is 3.52. The second kappa shape index (κ2) is 8.71. The van der Waals surface area contributed by atoms with Crippen molar-refractivity contribution in [2.45, 2.75) is 19.1 Å². The monoisotopic (exact) mass is 416 g/mol. The standard InChI is InChI=1S/C21H21ClN2O5/c1-26-12-21(25)24(10-15-4-2-3-5-17(15)22)11-16-9-18(23-29-16)14-6-7-19-20(8-14)28-13-27-19/h2-8,16H,9-13H2,1H3/t16-/m0/s1. The van der Waals surface area contributed by atoms with Crippen LogP contribution < -0.4 is 9.47 Å². The molecule has 7 nitrogen and oxygen atoms in total. The largest absolute Gasteiger partial charge is 0.454 e. The van der Waals surface area contributed by atoms with E-state index < -0.39 is 0 Å². The Balaban J connectivity index is 1.43. The first-order valence-electron chi connectivity index (χ1n) is 9.27. The van der Waals surface area contributed by atoms with Crippen LogP contribution in [0.1, 0.15) is 17.5 Å². The van der Waals surface area contributed by atoms with E-state index in [-0.39, 0.29) is 25.4 Å². The number of halogens is 1. The summed E-state index contributed by atoms with van der Waals surface area (Å²) in [4.78, 5) is 19.9. The Morgan fingerprint density at radius 2 is 2.07 bits per heavy atom. The van der Waals surface area contributed by atoms with Crippen molar-refractivity contribution in [3.8, 4) is 11.5 Å². The minimum atomic E-state index is -0.251. The summed E-state index contributed by atoms with van der Waals surface area (Å²) in [7, 11) is 1.50. The number of benzene rings is 2. The lowest BCUT2D eigenvalue weighted by atomic mass is 10.0. The first-order chi connectivity index (χ1) is 14.1. The molecule has 29 heavy (non-hydrogen) atoms. The van der Waals surface area contributed by atoms with Crippen molar-refractivity contribution >= 4 is 23.2 Å². The molecule has 0 spiro atoms. The molecular formula is C21H21ClN2O5. The molecule has 0 unspecified atom stereocenters.